The van der Waals surface area contributed by atoms with E-state index in [0.29, 0.717) is 0 Å². The smallest absolute Gasteiger partial charge is 0.252 e. The number of rotatable bonds is 7. The lowest BCUT2D eigenvalue weighted by Gasteiger charge is -2.32. The van der Waals surface area contributed by atoms with Crippen molar-refractivity contribution in [1.29, 1.82) is 0 Å². The van der Waals surface area contributed by atoms with Crippen LogP contribution in [0.15, 0.2) is 89.8 Å². The normalized spacial score (nSPS) is 12.0. The zero-order valence-electron chi connectivity index (χ0n) is 17.3. The van der Waals surface area contributed by atoms with E-state index in [-0.39, 0.29) is 22.4 Å². The van der Waals surface area contributed by atoms with E-state index in [0.717, 1.165) is 11.1 Å². The van der Waals surface area contributed by atoms with E-state index in [9.17, 15) is 13.2 Å². The molecule has 0 saturated carbocycles. The molecular formula is C24H26N2O3S. The minimum absolute atomic E-state index is 0.0602. The highest BCUT2D eigenvalue weighted by Crippen LogP contribution is 2.29. The second-order valence-electron chi connectivity index (χ2n) is 7.61. The van der Waals surface area contributed by atoms with Crippen LogP contribution in [0.1, 0.15) is 42.3 Å². The van der Waals surface area contributed by atoms with Gasteiger partial charge in [0, 0.05) is 11.6 Å². The average molecular weight is 423 g/mol. The van der Waals surface area contributed by atoms with Crippen LogP contribution in [-0.2, 0) is 15.6 Å². The summed E-state index contributed by atoms with van der Waals surface area (Å²) in [5, 5.41) is 3.11. The zero-order chi connectivity index (χ0) is 21.8. The van der Waals surface area contributed by atoms with Gasteiger partial charge in [0.25, 0.3) is 5.91 Å². The summed E-state index contributed by atoms with van der Waals surface area (Å²) in [5.41, 5.74) is 1.34. The Labute approximate surface area is 178 Å². The summed E-state index contributed by atoms with van der Waals surface area (Å²) < 4.78 is 27.5. The van der Waals surface area contributed by atoms with Gasteiger partial charge in [0.15, 0.2) is 0 Å². The lowest BCUT2D eigenvalue weighted by molar-refractivity contribution is 0.0919. The van der Waals surface area contributed by atoms with E-state index in [1.54, 1.807) is 26.0 Å². The molecule has 0 atom stereocenters. The minimum Gasteiger partial charge on any atom is -0.339 e. The molecule has 0 bridgehead atoms. The number of amides is 1. The fourth-order valence-electron chi connectivity index (χ4n) is 3.34. The topological polar surface area (TPSA) is 75.3 Å². The standard InChI is InChI=1S/C24H26N2O3S/c1-18(2)26-30(28,29)22-16-10-11-19(17-22)23(27)25-24(3,20-12-6-4-7-13-20)21-14-8-5-9-15-21/h4-18,26H,1-3H3,(H,25,27). The zero-order valence-corrected chi connectivity index (χ0v) is 18.1. The van der Waals surface area contributed by atoms with Gasteiger partial charge in [0.1, 0.15) is 0 Å². The van der Waals surface area contributed by atoms with E-state index >= 15 is 0 Å². The Bertz CT molecular complexity index is 1070. The molecule has 0 aromatic heterocycles. The summed E-state index contributed by atoms with van der Waals surface area (Å²) >= 11 is 0. The Balaban J connectivity index is 1.97. The Hall–Kier alpha value is -2.96. The van der Waals surface area contributed by atoms with Crippen LogP contribution in [0.5, 0.6) is 0 Å². The first-order valence-electron chi connectivity index (χ1n) is 9.78. The highest BCUT2D eigenvalue weighted by molar-refractivity contribution is 7.89. The highest BCUT2D eigenvalue weighted by atomic mass is 32.2. The van der Waals surface area contributed by atoms with Gasteiger partial charge in [-0.2, -0.15) is 0 Å². The van der Waals surface area contributed by atoms with Gasteiger partial charge in [0.2, 0.25) is 10.0 Å². The molecule has 0 aliphatic heterocycles. The molecule has 0 spiro atoms. The van der Waals surface area contributed by atoms with E-state index in [4.69, 9.17) is 0 Å². The maximum Gasteiger partial charge on any atom is 0.252 e. The van der Waals surface area contributed by atoms with E-state index < -0.39 is 15.6 Å². The number of benzene rings is 3. The van der Waals surface area contributed by atoms with Gasteiger partial charge in [-0.1, -0.05) is 66.7 Å². The van der Waals surface area contributed by atoms with Crippen molar-refractivity contribution >= 4 is 15.9 Å². The van der Waals surface area contributed by atoms with Gasteiger partial charge in [0.05, 0.1) is 10.4 Å². The summed E-state index contributed by atoms with van der Waals surface area (Å²) in [4.78, 5) is 13.2. The van der Waals surface area contributed by atoms with Crippen molar-refractivity contribution in [1.82, 2.24) is 10.0 Å². The average Bonchev–Trinajstić information content (AvgIpc) is 2.74. The molecule has 30 heavy (non-hydrogen) atoms. The summed E-state index contributed by atoms with van der Waals surface area (Å²) in [7, 11) is -3.69. The van der Waals surface area contributed by atoms with E-state index in [1.807, 2.05) is 67.6 Å². The minimum atomic E-state index is -3.69. The molecule has 0 heterocycles. The molecule has 156 valence electrons. The summed E-state index contributed by atoms with van der Waals surface area (Å²) in [6, 6.07) is 25.2. The molecule has 0 aliphatic rings. The number of nitrogens with one attached hydrogen (secondary N) is 2. The van der Waals surface area contributed by atoms with E-state index in [1.165, 1.54) is 12.1 Å². The van der Waals surface area contributed by atoms with Crippen molar-refractivity contribution in [3.63, 3.8) is 0 Å². The fourth-order valence-corrected chi connectivity index (χ4v) is 4.63. The SMILES string of the molecule is CC(C)NS(=O)(=O)c1cccc(C(=O)NC(C)(c2ccccc2)c2ccccc2)c1. The monoisotopic (exact) mass is 422 g/mol. The van der Waals surface area contributed by atoms with Gasteiger partial charge in [-0.3, -0.25) is 4.79 Å². The Kier molecular flexibility index (Phi) is 6.39. The summed E-state index contributed by atoms with van der Waals surface area (Å²) in [5.74, 6) is -0.355. The van der Waals surface area contributed by atoms with Crippen LogP contribution < -0.4 is 10.0 Å². The first-order chi connectivity index (χ1) is 14.2. The lowest BCUT2D eigenvalue weighted by Crippen LogP contribution is -2.44. The predicted molar refractivity (Wildman–Crippen MR) is 119 cm³/mol. The van der Waals surface area contributed by atoms with Crippen LogP contribution in [0.2, 0.25) is 0 Å². The molecule has 2 N–H and O–H groups in total. The molecule has 6 heteroatoms. The summed E-state index contributed by atoms with van der Waals surface area (Å²) in [6.07, 6.45) is 0. The van der Waals surface area contributed by atoms with Gasteiger partial charge < -0.3 is 5.32 Å². The lowest BCUT2D eigenvalue weighted by atomic mass is 9.84. The van der Waals surface area contributed by atoms with Crippen molar-refractivity contribution in [2.45, 2.75) is 37.2 Å². The van der Waals surface area contributed by atoms with Crippen LogP contribution >= 0.6 is 0 Å². The molecule has 5 nitrogen and oxygen atoms in total. The molecule has 0 radical (unpaired) electrons. The Morgan fingerprint density at radius 1 is 0.833 bits per heavy atom. The second kappa shape index (κ2) is 8.81. The van der Waals surface area contributed by atoms with Crippen LogP contribution in [0.4, 0.5) is 0 Å². The Morgan fingerprint density at radius 3 is 1.87 bits per heavy atom. The van der Waals surface area contributed by atoms with Crippen molar-refractivity contribution in [3.05, 3.63) is 102 Å². The highest BCUT2D eigenvalue weighted by Gasteiger charge is 2.31. The maximum absolute atomic E-state index is 13.2. The first-order valence-corrected chi connectivity index (χ1v) is 11.3. The van der Waals surface area contributed by atoms with Crippen molar-refractivity contribution in [3.8, 4) is 0 Å². The van der Waals surface area contributed by atoms with Crippen molar-refractivity contribution in [2.75, 3.05) is 0 Å². The predicted octanol–water partition coefficient (Wildman–Crippen LogP) is 4.07. The van der Waals surface area contributed by atoms with Gasteiger partial charge in [-0.15, -0.1) is 0 Å². The van der Waals surface area contributed by atoms with E-state index in [2.05, 4.69) is 10.0 Å². The number of sulfonamides is 1. The molecule has 0 aliphatic carbocycles. The quantitative estimate of drug-likeness (QED) is 0.603. The molecule has 1 amide bonds. The number of carbonyl (C=O) groups is 1. The third kappa shape index (κ3) is 4.78. The van der Waals surface area contributed by atoms with Crippen molar-refractivity contribution in [2.24, 2.45) is 0 Å². The van der Waals surface area contributed by atoms with Crippen LogP contribution in [0.3, 0.4) is 0 Å². The first kappa shape index (κ1) is 21.7. The molecule has 3 aromatic carbocycles. The molecule has 3 aromatic rings. The van der Waals surface area contributed by atoms with Gasteiger partial charge in [-0.25, -0.2) is 13.1 Å². The molecule has 0 saturated heterocycles. The summed E-state index contributed by atoms with van der Waals surface area (Å²) in [6.45, 7) is 5.44. The molecule has 3 rings (SSSR count). The fraction of sp³-hybridized carbons (Fsp3) is 0.208. The molecule has 0 fully saturated rings. The number of hydrogen-bond acceptors (Lipinski definition) is 3. The number of hydrogen-bond donors (Lipinski definition) is 2. The third-order valence-electron chi connectivity index (χ3n) is 4.86. The Morgan fingerprint density at radius 2 is 1.37 bits per heavy atom. The van der Waals surface area contributed by atoms with Crippen molar-refractivity contribution < 1.29 is 13.2 Å². The van der Waals surface area contributed by atoms with Crippen LogP contribution in [0.25, 0.3) is 0 Å². The maximum atomic E-state index is 13.2. The molecule has 0 unspecified atom stereocenters. The molecular weight excluding hydrogens is 396 g/mol. The largest absolute Gasteiger partial charge is 0.339 e. The van der Waals surface area contributed by atoms with Crippen LogP contribution in [-0.4, -0.2) is 20.4 Å². The second-order valence-corrected chi connectivity index (χ2v) is 9.33. The van der Waals surface area contributed by atoms with Gasteiger partial charge >= 0.3 is 0 Å². The van der Waals surface area contributed by atoms with Gasteiger partial charge in [-0.05, 0) is 50.1 Å². The third-order valence-corrected chi connectivity index (χ3v) is 6.52. The van der Waals surface area contributed by atoms with Crippen LogP contribution in [0, 0.1) is 0 Å². The number of carbonyl (C=O) groups excluding carboxylic acids is 1.